The van der Waals surface area contributed by atoms with Gasteiger partial charge in [-0.25, -0.2) is 4.98 Å². The smallest absolute Gasteiger partial charge is 0.229 e. The Morgan fingerprint density at radius 2 is 2.43 bits per heavy atom. The number of thiazole rings is 1. The van der Waals surface area contributed by atoms with Crippen molar-refractivity contribution in [2.45, 2.75) is 26.3 Å². The van der Waals surface area contributed by atoms with E-state index in [0.29, 0.717) is 26.2 Å². The number of aryl methyl sites for hydroxylation is 2. The van der Waals surface area contributed by atoms with E-state index in [4.69, 9.17) is 4.74 Å². The van der Waals surface area contributed by atoms with Crippen molar-refractivity contribution in [2.24, 2.45) is 0 Å². The van der Waals surface area contributed by atoms with Crippen LogP contribution in [-0.4, -0.2) is 45.7 Å². The van der Waals surface area contributed by atoms with Crippen molar-refractivity contribution in [3.05, 3.63) is 33.5 Å². The maximum Gasteiger partial charge on any atom is 0.229 e. The lowest BCUT2D eigenvalue weighted by atomic mass is 10.1. The van der Waals surface area contributed by atoms with Gasteiger partial charge in [0.15, 0.2) is 0 Å². The number of carbonyl (C=O) groups is 1. The van der Waals surface area contributed by atoms with Crippen LogP contribution in [-0.2, 0) is 16.0 Å². The Bertz CT molecular complexity index is 636. The van der Waals surface area contributed by atoms with Crippen LogP contribution in [0, 0.1) is 13.8 Å². The molecule has 0 bridgehead atoms. The first-order valence-electron chi connectivity index (χ1n) is 6.93. The fraction of sp³-hybridized carbons (Fsp3) is 0.500. The lowest BCUT2D eigenvalue weighted by Crippen LogP contribution is -2.44. The van der Waals surface area contributed by atoms with E-state index < -0.39 is 0 Å². The Kier molecular flexibility index (Phi) is 4.03. The zero-order valence-corrected chi connectivity index (χ0v) is 12.9. The summed E-state index contributed by atoms with van der Waals surface area (Å²) in [6.45, 7) is 5.62. The van der Waals surface area contributed by atoms with Gasteiger partial charge in [0, 0.05) is 11.9 Å². The van der Waals surface area contributed by atoms with Crippen molar-refractivity contribution in [3.63, 3.8) is 0 Å². The van der Waals surface area contributed by atoms with E-state index in [-0.39, 0.29) is 11.9 Å². The fourth-order valence-electron chi connectivity index (χ4n) is 2.58. The zero-order valence-electron chi connectivity index (χ0n) is 12.1. The molecular formula is C14H18N4O2S. The van der Waals surface area contributed by atoms with Crippen molar-refractivity contribution >= 4 is 17.2 Å². The van der Waals surface area contributed by atoms with Crippen LogP contribution >= 0.6 is 11.3 Å². The summed E-state index contributed by atoms with van der Waals surface area (Å²) in [6, 6.07) is -0.0894. The summed E-state index contributed by atoms with van der Waals surface area (Å²) in [7, 11) is 0. The molecule has 0 radical (unpaired) electrons. The second-order valence-electron chi connectivity index (χ2n) is 5.18. The van der Waals surface area contributed by atoms with E-state index >= 15 is 0 Å². The monoisotopic (exact) mass is 306 g/mol. The average Bonchev–Trinajstić information content (AvgIpc) is 3.07. The number of aromatic nitrogens is 3. The summed E-state index contributed by atoms with van der Waals surface area (Å²) in [5.74, 6) is 0.0857. The third-order valence-electron chi connectivity index (χ3n) is 3.65. The number of nitrogens with zero attached hydrogens (tertiary/aromatic N) is 3. The number of morpholine rings is 1. The molecule has 1 fully saturated rings. The average molecular weight is 306 g/mol. The number of H-pyrrole nitrogens is 1. The Balaban J connectivity index is 1.77. The standard InChI is InChI=1S/C14H18N4O2S/c1-9-6-15-17-14(9)12-7-20-4-3-18(12)13(19)5-11-8-21-10(2)16-11/h6,8,12H,3-5,7H2,1-2H3,(H,15,17)/t12-/m1/s1. The summed E-state index contributed by atoms with van der Waals surface area (Å²) in [5.41, 5.74) is 2.85. The normalized spacial score (nSPS) is 19.0. The first kappa shape index (κ1) is 14.2. The van der Waals surface area contributed by atoms with E-state index in [0.717, 1.165) is 22.0 Å². The van der Waals surface area contributed by atoms with Gasteiger partial charge in [-0.3, -0.25) is 9.89 Å². The molecular weight excluding hydrogens is 288 g/mol. The minimum Gasteiger partial charge on any atom is -0.377 e. The van der Waals surface area contributed by atoms with Crippen LogP contribution in [0.4, 0.5) is 0 Å². The molecule has 2 aromatic rings. The SMILES string of the molecule is Cc1nc(CC(=O)N2CCOC[C@@H]2c2[nH]ncc2C)cs1. The Morgan fingerprint density at radius 3 is 3.10 bits per heavy atom. The number of hydrogen-bond donors (Lipinski definition) is 1. The summed E-state index contributed by atoms with van der Waals surface area (Å²) in [4.78, 5) is 18.8. The molecule has 1 saturated heterocycles. The molecule has 1 N–H and O–H groups in total. The van der Waals surface area contributed by atoms with Crippen molar-refractivity contribution in [3.8, 4) is 0 Å². The Morgan fingerprint density at radius 1 is 1.57 bits per heavy atom. The topological polar surface area (TPSA) is 71.1 Å². The molecule has 1 amide bonds. The van der Waals surface area contributed by atoms with Crippen molar-refractivity contribution < 1.29 is 9.53 Å². The molecule has 6 nitrogen and oxygen atoms in total. The highest BCUT2D eigenvalue weighted by Gasteiger charge is 2.30. The number of rotatable bonds is 3. The minimum absolute atomic E-state index is 0.0857. The molecule has 0 unspecified atom stereocenters. The molecule has 0 aliphatic carbocycles. The Hall–Kier alpha value is -1.73. The molecule has 0 saturated carbocycles. The van der Waals surface area contributed by atoms with Gasteiger partial charge < -0.3 is 9.64 Å². The first-order chi connectivity index (χ1) is 10.1. The number of ether oxygens (including phenoxy) is 1. The van der Waals surface area contributed by atoms with Crippen LogP contribution in [0.15, 0.2) is 11.6 Å². The van der Waals surface area contributed by atoms with Crippen LogP contribution in [0.3, 0.4) is 0 Å². The van der Waals surface area contributed by atoms with Gasteiger partial charge in [-0.15, -0.1) is 11.3 Å². The number of amides is 1. The second-order valence-corrected chi connectivity index (χ2v) is 6.24. The van der Waals surface area contributed by atoms with Crippen LogP contribution in [0.25, 0.3) is 0 Å². The number of aromatic amines is 1. The molecule has 3 heterocycles. The van der Waals surface area contributed by atoms with E-state index in [1.165, 1.54) is 0 Å². The van der Waals surface area contributed by atoms with E-state index in [1.807, 2.05) is 24.1 Å². The second kappa shape index (κ2) is 5.95. The van der Waals surface area contributed by atoms with Crippen LogP contribution < -0.4 is 0 Å². The maximum absolute atomic E-state index is 12.6. The number of carbonyl (C=O) groups excluding carboxylic acids is 1. The third-order valence-corrected chi connectivity index (χ3v) is 4.47. The molecule has 1 atom stereocenters. The van der Waals surface area contributed by atoms with Crippen molar-refractivity contribution in [1.82, 2.24) is 20.1 Å². The van der Waals surface area contributed by atoms with Gasteiger partial charge >= 0.3 is 0 Å². The van der Waals surface area contributed by atoms with Gasteiger partial charge in [0.05, 0.1) is 48.3 Å². The van der Waals surface area contributed by atoms with Gasteiger partial charge in [0.25, 0.3) is 0 Å². The quantitative estimate of drug-likeness (QED) is 0.935. The van der Waals surface area contributed by atoms with E-state index in [2.05, 4.69) is 15.2 Å². The molecule has 1 aliphatic heterocycles. The fourth-order valence-corrected chi connectivity index (χ4v) is 3.19. The van der Waals surface area contributed by atoms with Crippen molar-refractivity contribution in [1.29, 1.82) is 0 Å². The summed E-state index contributed by atoms with van der Waals surface area (Å²) in [6.07, 6.45) is 2.12. The van der Waals surface area contributed by atoms with Crippen LogP contribution in [0.1, 0.15) is 28.0 Å². The summed E-state index contributed by atoms with van der Waals surface area (Å²) in [5, 5.41) is 9.97. The highest BCUT2D eigenvalue weighted by atomic mass is 32.1. The van der Waals surface area contributed by atoms with Crippen LogP contribution in [0.2, 0.25) is 0 Å². The highest BCUT2D eigenvalue weighted by molar-refractivity contribution is 7.09. The highest BCUT2D eigenvalue weighted by Crippen LogP contribution is 2.25. The third kappa shape index (κ3) is 2.98. The van der Waals surface area contributed by atoms with Gasteiger partial charge in [0.2, 0.25) is 5.91 Å². The molecule has 112 valence electrons. The number of nitrogens with one attached hydrogen (secondary N) is 1. The van der Waals surface area contributed by atoms with Gasteiger partial charge in [-0.05, 0) is 19.4 Å². The predicted molar refractivity (Wildman–Crippen MR) is 79.2 cm³/mol. The summed E-state index contributed by atoms with van der Waals surface area (Å²) < 4.78 is 5.54. The predicted octanol–water partition coefficient (Wildman–Crippen LogP) is 1.63. The molecule has 3 rings (SSSR count). The van der Waals surface area contributed by atoms with Gasteiger partial charge in [-0.2, -0.15) is 5.10 Å². The summed E-state index contributed by atoms with van der Waals surface area (Å²) >= 11 is 1.57. The molecule has 2 aromatic heterocycles. The lowest BCUT2D eigenvalue weighted by molar-refractivity contribution is -0.139. The molecule has 1 aliphatic rings. The minimum atomic E-state index is -0.0894. The van der Waals surface area contributed by atoms with Gasteiger partial charge in [0.1, 0.15) is 0 Å². The van der Waals surface area contributed by atoms with Crippen LogP contribution in [0.5, 0.6) is 0 Å². The van der Waals surface area contributed by atoms with Crippen molar-refractivity contribution in [2.75, 3.05) is 19.8 Å². The molecule has 0 spiro atoms. The van der Waals surface area contributed by atoms with E-state index in [1.54, 1.807) is 17.5 Å². The Labute approximate surface area is 127 Å². The largest absolute Gasteiger partial charge is 0.377 e. The molecule has 7 heteroatoms. The maximum atomic E-state index is 12.6. The van der Waals surface area contributed by atoms with Gasteiger partial charge in [-0.1, -0.05) is 0 Å². The number of hydrogen-bond acceptors (Lipinski definition) is 5. The first-order valence-corrected chi connectivity index (χ1v) is 7.81. The zero-order chi connectivity index (χ0) is 14.8. The lowest BCUT2D eigenvalue weighted by Gasteiger charge is -2.35. The molecule has 0 aromatic carbocycles. The molecule has 21 heavy (non-hydrogen) atoms. The van der Waals surface area contributed by atoms with E-state index in [9.17, 15) is 4.79 Å².